The number of amides is 2. The van der Waals surface area contributed by atoms with Crippen LogP contribution in [-0.2, 0) is 9.53 Å². The highest BCUT2D eigenvalue weighted by Crippen LogP contribution is 2.55. The number of hydrogen-bond acceptors (Lipinski definition) is 5. The molecule has 0 radical (unpaired) electrons. The Labute approximate surface area is 202 Å². The van der Waals surface area contributed by atoms with Crippen molar-refractivity contribution < 1.29 is 19.4 Å². The topological polar surface area (TPSA) is 103 Å². The first-order valence-corrected chi connectivity index (χ1v) is 12.6. The molecule has 2 amide bonds. The van der Waals surface area contributed by atoms with Gasteiger partial charge in [-0.3, -0.25) is 9.59 Å². The Bertz CT molecular complexity index is 936. The van der Waals surface area contributed by atoms with Gasteiger partial charge in [0, 0.05) is 30.6 Å². The molecule has 2 saturated carbocycles. The van der Waals surface area contributed by atoms with Gasteiger partial charge in [-0.1, -0.05) is 20.8 Å². The summed E-state index contributed by atoms with van der Waals surface area (Å²) < 4.78 is 5.39. The van der Waals surface area contributed by atoms with Crippen molar-refractivity contribution in [3.8, 4) is 6.07 Å². The minimum absolute atomic E-state index is 0.00668. The van der Waals surface area contributed by atoms with Crippen molar-refractivity contribution in [2.75, 3.05) is 26.3 Å². The minimum atomic E-state index is -0.580. The van der Waals surface area contributed by atoms with Gasteiger partial charge in [0.1, 0.15) is 0 Å². The molecule has 0 spiro atoms. The van der Waals surface area contributed by atoms with E-state index < -0.39 is 6.10 Å². The quantitative estimate of drug-likeness (QED) is 0.709. The van der Waals surface area contributed by atoms with Crippen LogP contribution in [0.2, 0.25) is 0 Å². The van der Waals surface area contributed by atoms with Gasteiger partial charge in [-0.2, -0.15) is 5.26 Å². The Balaban J connectivity index is 1.46. The van der Waals surface area contributed by atoms with E-state index in [1.807, 2.05) is 11.8 Å². The summed E-state index contributed by atoms with van der Waals surface area (Å²) in [4.78, 5) is 27.9. The standard InChI is InChI=1S/C27H37N3O4/c1-17(26(33)30-12-14-34-15-13-30)21-8-10-27(3)11-9-22(18(2)23(27)24(21)31)29-25(32)20-6-4-19(16-28)5-7-20/h4-7,17-18,21-24,31H,8-15H2,1-3H3,(H,29,32)/t17-,18-,21-,22-,23+,24-,27+/m0/s1. The average Bonchev–Trinajstić information content (AvgIpc) is 2.85. The molecule has 1 saturated heterocycles. The zero-order valence-corrected chi connectivity index (χ0v) is 20.5. The summed E-state index contributed by atoms with van der Waals surface area (Å²) in [5.41, 5.74) is 1.06. The first-order valence-electron chi connectivity index (χ1n) is 12.6. The number of carbonyl (C=O) groups excluding carboxylic acids is 2. The van der Waals surface area contributed by atoms with Crippen LogP contribution in [0.4, 0.5) is 0 Å². The second-order valence-electron chi connectivity index (χ2n) is 10.8. The number of carbonyl (C=O) groups is 2. The van der Waals surface area contributed by atoms with Crippen molar-refractivity contribution in [2.24, 2.45) is 29.1 Å². The maximum atomic E-state index is 13.2. The maximum absolute atomic E-state index is 13.2. The molecular weight excluding hydrogens is 430 g/mol. The number of aliphatic hydroxyl groups excluding tert-OH is 1. The van der Waals surface area contributed by atoms with Crippen LogP contribution in [-0.4, -0.2) is 60.3 Å². The van der Waals surface area contributed by atoms with Crippen molar-refractivity contribution in [3.05, 3.63) is 35.4 Å². The molecule has 7 nitrogen and oxygen atoms in total. The van der Waals surface area contributed by atoms with Crippen LogP contribution >= 0.6 is 0 Å². The molecule has 1 aromatic rings. The number of nitrogens with zero attached hydrogens (tertiary/aromatic N) is 2. The molecule has 3 aliphatic rings. The van der Waals surface area contributed by atoms with Crippen LogP contribution in [0.1, 0.15) is 62.4 Å². The molecule has 7 heteroatoms. The van der Waals surface area contributed by atoms with Crippen molar-refractivity contribution in [1.82, 2.24) is 10.2 Å². The number of ether oxygens (including phenoxy) is 1. The molecule has 7 atom stereocenters. The molecule has 34 heavy (non-hydrogen) atoms. The first kappa shape index (κ1) is 24.7. The van der Waals surface area contributed by atoms with Gasteiger partial charge < -0.3 is 20.1 Å². The highest BCUT2D eigenvalue weighted by Gasteiger charge is 2.54. The van der Waals surface area contributed by atoms with Gasteiger partial charge in [0.15, 0.2) is 0 Å². The summed E-state index contributed by atoms with van der Waals surface area (Å²) >= 11 is 0. The molecule has 0 aromatic heterocycles. The molecule has 1 aliphatic heterocycles. The van der Waals surface area contributed by atoms with Gasteiger partial charge in [-0.05, 0) is 73.1 Å². The van der Waals surface area contributed by atoms with Crippen LogP contribution in [0, 0.1) is 40.4 Å². The summed E-state index contributed by atoms with van der Waals surface area (Å²) in [6, 6.07) is 8.68. The zero-order chi connectivity index (χ0) is 24.5. The number of fused-ring (bicyclic) bond motifs is 1. The van der Waals surface area contributed by atoms with Crippen molar-refractivity contribution in [1.29, 1.82) is 5.26 Å². The van der Waals surface area contributed by atoms with E-state index in [4.69, 9.17) is 10.00 Å². The summed E-state index contributed by atoms with van der Waals surface area (Å²) in [6.07, 6.45) is 3.07. The Morgan fingerprint density at radius 3 is 2.50 bits per heavy atom. The van der Waals surface area contributed by atoms with Crippen LogP contribution in [0.5, 0.6) is 0 Å². The molecule has 1 aromatic carbocycles. The SMILES string of the molecule is C[C@@H]1[C@@H]2[C@@H](O)[C@H]([C@H](C)C(=O)N3CCOCC3)CC[C@]2(C)CC[C@@H]1NC(=O)c1ccc(C#N)cc1. The van der Waals surface area contributed by atoms with E-state index in [1.54, 1.807) is 24.3 Å². The van der Waals surface area contributed by atoms with Crippen LogP contribution in [0.3, 0.4) is 0 Å². The number of benzene rings is 1. The van der Waals surface area contributed by atoms with E-state index in [-0.39, 0.29) is 46.9 Å². The van der Waals surface area contributed by atoms with Crippen LogP contribution < -0.4 is 5.32 Å². The minimum Gasteiger partial charge on any atom is -0.392 e. The molecule has 0 unspecified atom stereocenters. The summed E-state index contributed by atoms with van der Waals surface area (Å²) in [5, 5.41) is 23.8. The highest BCUT2D eigenvalue weighted by atomic mass is 16.5. The van der Waals surface area contributed by atoms with Crippen molar-refractivity contribution >= 4 is 11.8 Å². The third-order valence-corrected chi connectivity index (χ3v) is 8.83. The van der Waals surface area contributed by atoms with E-state index in [0.717, 1.165) is 25.7 Å². The predicted molar refractivity (Wildman–Crippen MR) is 128 cm³/mol. The second-order valence-corrected chi connectivity index (χ2v) is 10.8. The molecule has 2 N–H and O–H groups in total. The van der Waals surface area contributed by atoms with Crippen molar-refractivity contribution in [2.45, 2.75) is 58.6 Å². The van der Waals surface area contributed by atoms with Gasteiger partial charge in [-0.15, -0.1) is 0 Å². The molecule has 3 fully saturated rings. The monoisotopic (exact) mass is 467 g/mol. The highest BCUT2D eigenvalue weighted by molar-refractivity contribution is 5.94. The Kier molecular flexibility index (Phi) is 7.30. The fourth-order valence-electron chi connectivity index (χ4n) is 6.70. The Morgan fingerprint density at radius 1 is 1.21 bits per heavy atom. The number of aliphatic hydroxyl groups is 1. The molecule has 4 rings (SSSR count). The van der Waals surface area contributed by atoms with E-state index in [2.05, 4.69) is 25.2 Å². The van der Waals surface area contributed by atoms with E-state index in [0.29, 0.717) is 37.4 Å². The normalized spacial score (nSPS) is 34.4. The lowest BCUT2D eigenvalue weighted by atomic mass is 9.51. The second kappa shape index (κ2) is 10.1. The lowest BCUT2D eigenvalue weighted by molar-refractivity contribution is -0.153. The number of morpholine rings is 1. The molecule has 2 aliphatic carbocycles. The van der Waals surface area contributed by atoms with E-state index >= 15 is 0 Å². The fraction of sp³-hybridized carbons (Fsp3) is 0.667. The number of nitrogens with one attached hydrogen (secondary N) is 1. The van der Waals surface area contributed by atoms with Crippen molar-refractivity contribution in [3.63, 3.8) is 0 Å². The molecule has 1 heterocycles. The Hall–Kier alpha value is -2.43. The smallest absolute Gasteiger partial charge is 0.251 e. The Morgan fingerprint density at radius 2 is 1.85 bits per heavy atom. The van der Waals surface area contributed by atoms with Gasteiger partial charge in [-0.25, -0.2) is 0 Å². The number of hydrogen-bond donors (Lipinski definition) is 2. The predicted octanol–water partition coefficient (Wildman–Crippen LogP) is 2.97. The fourth-order valence-corrected chi connectivity index (χ4v) is 6.70. The number of rotatable bonds is 4. The summed E-state index contributed by atoms with van der Waals surface area (Å²) in [6.45, 7) is 8.74. The van der Waals surface area contributed by atoms with Crippen LogP contribution in [0.25, 0.3) is 0 Å². The average molecular weight is 468 g/mol. The first-order chi connectivity index (χ1) is 16.2. The van der Waals surface area contributed by atoms with Gasteiger partial charge in [0.05, 0.1) is 31.0 Å². The third-order valence-electron chi connectivity index (χ3n) is 8.83. The lowest BCUT2D eigenvalue weighted by Crippen LogP contribution is -2.59. The summed E-state index contributed by atoms with van der Waals surface area (Å²) in [5.74, 6) is -0.245. The van der Waals surface area contributed by atoms with Gasteiger partial charge >= 0.3 is 0 Å². The van der Waals surface area contributed by atoms with Gasteiger partial charge in [0.25, 0.3) is 5.91 Å². The molecular formula is C27H37N3O4. The summed E-state index contributed by atoms with van der Waals surface area (Å²) in [7, 11) is 0. The van der Waals surface area contributed by atoms with E-state index in [1.165, 1.54) is 0 Å². The largest absolute Gasteiger partial charge is 0.392 e. The lowest BCUT2D eigenvalue weighted by Gasteiger charge is -2.56. The van der Waals surface area contributed by atoms with Gasteiger partial charge in [0.2, 0.25) is 5.91 Å². The third kappa shape index (κ3) is 4.71. The molecule has 184 valence electrons. The van der Waals surface area contributed by atoms with E-state index in [9.17, 15) is 14.7 Å². The maximum Gasteiger partial charge on any atom is 0.251 e. The molecule has 0 bridgehead atoms. The number of nitriles is 1. The van der Waals surface area contributed by atoms with Crippen LogP contribution in [0.15, 0.2) is 24.3 Å². The zero-order valence-electron chi connectivity index (χ0n) is 20.5.